The molecule has 0 aromatic heterocycles. The van der Waals surface area contributed by atoms with E-state index in [2.05, 4.69) is 44.6 Å². The van der Waals surface area contributed by atoms with Gasteiger partial charge in [-0.1, -0.05) is 35.9 Å². The molecule has 2 aromatic rings. The predicted octanol–water partition coefficient (Wildman–Crippen LogP) is 3.86. The zero-order valence-electron chi connectivity index (χ0n) is 15.8. The van der Waals surface area contributed by atoms with Crippen LogP contribution in [-0.2, 0) is 13.1 Å². The topological polar surface area (TPSA) is 54.9 Å². The number of aliphatic imine (C=N–C) groups is 1. The number of alkyl halides is 2. The summed E-state index contributed by atoms with van der Waals surface area (Å²) in [5.41, 5.74) is 3.22. The molecular formula is C20H25F2N3O2. The lowest BCUT2D eigenvalue weighted by molar-refractivity contribution is -0.0514. The highest BCUT2D eigenvalue weighted by molar-refractivity contribution is 5.79. The Hall–Kier alpha value is -2.83. The largest absolute Gasteiger partial charge is 0.490 e. The molecule has 0 spiro atoms. The molecule has 5 nitrogen and oxygen atoms in total. The van der Waals surface area contributed by atoms with E-state index in [9.17, 15) is 8.78 Å². The molecule has 2 aromatic carbocycles. The SMILES string of the molecule is CCOc1cc(CNC(=NC)NCc2ccc(C)cc2)ccc1OC(F)F. The van der Waals surface area contributed by atoms with Gasteiger partial charge in [0.1, 0.15) is 0 Å². The van der Waals surface area contributed by atoms with Gasteiger partial charge in [-0.3, -0.25) is 4.99 Å². The monoisotopic (exact) mass is 377 g/mol. The third kappa shape index (κ3) is 6.77. The van der Waals surface area contributed by atoms with Crippen molar-refractivity contribution in [3.8, 4) is 11.5 Å². The van der Waals surface area contributed by atoms with Gasteiger partial charge in [0, 0.05) is 20.1 Å². The van der Waals surface area contributed by atoms with Crippen LogP contribution in [0.1, 0.15) is 23.6 Å². The van der Waals surface area contributed by atoms with Crippen molar-refractivity contribution in [2.24, 2.45) is 4.99 Å². The molecule has 0 aliphatic carbocycles. The lowest BCUT2D eigenvalue weighted by Gasteiger charge is -2.15. The molecule has 0 saturated carbocycles. The number of benzene rings is 2. The van der Waals surface area contributed by atoms with Crippen molar-refractivity contribution < 1.29 is 18.3 Å². The summed E-state index contributed by atoms with van der Waals surface area (Å²) in [4.78, 5) is 4.19. The Labute approximate surface area is 158 Å². The molecule has 0 heterocycles. The van der Waals surface area contributed by atoms with Gasteiger partial charge in [-0.2, -0.15) is 8.78 Å². The molecule has 0 bridgehead atoms. The first-order chi connectivity index (χ1) is 13.0. The Morgan fingerprint density at radius 2 is 1.63 bits per heavy atom. The van der Waals surface area contributed by atoms with E-state index in [0.29, 0.717) is 31.4 Å². The van der Waals surface area contributed by atoms with E-state index in [1.54, 1.807) is 26.1 Å². The number of guanidine groups is 1. The Balaban J connectivity index is 1.94. The number of ether oxygens (including phenoxy) is 2. The van der Waals surface area contributed by atoms with Crippen molar-refractivity contribution in [1.29, 1.82) is 0 Å². The fourth-order valence-corrected chi connectivity index (χ4v) is 2.42. The van der Waals surface area contributed by atoms with E-state index >= 15 is 0 Å². The summed E-state index contributed by atoms with van der Waals surface area (Å²) in [7, 11) is 1.69. The maximum Gasteiger partial charge on any atom is 0.387 e. The van der Waals surface area contributed by atoms with Crippen molar-refractivity contribution in [3.63, 3.8) is 0 Å². The molecule has 0 atom stereocenters. The second-order valence-corrected chi connectivity index (χ2v) is 5.86. The van der Waals surface area contributed by atoms with Gasteiger partial charge in [-0.05, 0) is 37.1 Å². The first kappa shape index (κ1) is 20.5. The highest BCUT2D eigenvalue weighted by Crippen LogP contribution is 2.29. The number of hydrogen-bond donors (Lipinski definition) is 2. The lowest BCUT2D eigenvalue weighted by atomic mass is 10.1. The third-order valence-electron chi connectivity index (χ3n) is 3.79. The van der Waals surface area contributed by atoms with Crippen molar-refractivity contribution in [2.75, 3.05) is 13.7 Å². The minimum atomic E-state index is -2.89. The second-order valence-electron chi connectivity index (χ2n) is 5.86. The zero-order valence-corrected chi connectivity index (χ0v) is 15.8. The minimum Gasteiger partial charge on any atom is -0.490 e. The molecule has 0 saturated heterocycles. The quantitative estimate of drug-likeness (QED) is 0.542. The van der Waals surface area contributed by atoms with Gasteiger partial charge in [0.15, 0.2) is 17.5 Å². The maximum atomic E-state index is 12.5. The summed E-state index contributed by atoms with van der Waals surface area (Å²) in [6, 6.07) is 13.1. The fraction of sp³-hybridized carbons (Fsp3) is 0.350. The van der Waals surface area contributed by atoms with Gasteiger partial charge >= 0.3 is 6.61 Å². The van der Waals surface area contributed by atoms with E-state index in [1.807, 2.05) is 6.92 Å². The van der Waals surface area contributed by atoms with Crippen LogP contribution in [0.4, 0.5) is 8.78 Å². The second kappa shape index (κ2) is 10.4. The molecule has 7 heteroatoms. The molecule has 0 aliphatic rings. The maximum absolute atomic E-state index is 12.5. The van der Waals surface area contributed by atoms with Gasteiger partial charge in [0.25, 0.3) is 0 Å². The van der Waals surface area contributed by atoms with Crippen LogP contribution < -0.4 is 20.1 Å². The number of rotatable bonds is 8. The van der Waals surface area contributed by atoms with E-state index in [0.717, 1.165) is 11.1 Å². The van der Waals surface area contributed by atoms with Crippen LogP contribution in [-0.4, -0.2) is 26.2 Å². The summed E-state index contributed by atoms with van der Waals surface area (Å²) < 4.78 is 34.8. The number of aryl methyl sites for hydroxylation is 1. The van der Waals surface area contributed by atoms with Crippen molar-refractivity contribution in [1.82, 2.24) is 10.6 Å². The Bertz CT molecular complexity index is 749. The normalized spacial score (nSPS) is 11.4. The summed E-state index contributed by atoms with van der Waals surface area (Å²) in [6.45, 7) is 2.40. The Morgan fingerprint density at radius 1 is 1.00 bits per heavy atom. The first-order valence-electron chi connectivity index (χ1n) is 8.72. The summed E-state index contributed by atoms with van der Waals surface area (Å²) in [5, 5.41) is 6.43. The summed E-state index contributed by atoms with van der Waals surface area (Å²) in [5.74, 6) is 0.957. The third-order valence-corrected chi connectivity index (χ3v) is 3.79. The fourth-order valence-electron chi connectivity index (χ4n) is 2.42. The van der Waals surface area contributed by atoms with Crippen LogP contribution in [0.25, 0.3) is 0 Å². The van der Waals surface area contributed by atoms with Crippen LogP contribution >= 0.6 is 0 Å². The molecule has 0 unspecified atom stereocenters. The smallest absolute Gasteiger partial charge is 0.387 e. The number of halogens is 2. The minimum absolute atomic E-state index is 0.0254. The first-order valence-corrected chi connectivity index (χ1v) is 8.72. The van der Waals surface area contributed by atoms with Gasteiger partial charge in [-0.15, -0.1) is 0 Å². The zero-order chi connectivity index (χ0) is 19.6. The lowest BCUT2D eigenvalue weighted by Crippen LogP contribution is -2.36. The van der Waals surface area contributed by atoms with E-state index in [4.69, 9.17) is 4.74 Å². The molecule has 27 heavy (non-hydrogen) atoms. The van der Waals surface area contributed by atoms with Gasteiger partial charge in [0.2, 0.25) is 0 Å². The van der Waals surface area contributed by atoms with Crippen molar-refractivity contribution >= 4 is 5.96 Å². The highest BCUT2D eigenvalue weighted by Gasteiger charge is 2.11. The average Bonchev–Trinajstić information content (AvgIpc) is 2.65. The van der Waals surface area contributed by atoms with Crippen LogP contribution in [0, 0.1) is 6.92 Å². The van der Waals surface area contributed by atoms with E-state index in [1.165, 1.54) is 11.6 Å². The Morgan fingerprint density at radius 3 is 2.22 bits per heavy atom. The van der Waals surface area contributed by atoms with Crippen LogP contribution in [0.2, 0.25) is 0 Å². The van der Waals surface area contributed by atoms with Crippen LogP contribution in [0.3, 0.4) is 0 Å². The average molecular weight is 377 g/mol. The van der Waals surface area contributed by atoms with Crippen molar-refractivity contribution in [3.05, 3.63) is 59.2 Å². The number of nitrogens with zero attached hydrogens (tertiary/aromatic N) is 1. The molecule has 0 fully saturated rings. The summed E-state index contributed by atoms with van der Waals surface area (Å²) >= 11 is 0. The Kier molecular flexibility index (Phi) is 7.85. The molecule has 0 radical (unpaired) electrons. The molecule has 0 amide bonds. The van der Waals surface area contributed by atoms with Crippen LogP contribution in [0.5, 0.6) is 11.5 Å². The molecule has 0 aliphatic heterocycles. The molecule has 146 valence electrons. The number of hydrogen-bond acceptors (Lipinski definition) is 3. The molecule has 2 N–H and O–H groups in total. The van der Waals surface area contributed by atoms with Gasteiger partial charge in [-0.25, -0.2) is 0 Å². The molecule has 2 rings (SSSR count). The standard InChI is InChI=1S/C20H25F2N3O2/c1-4-26-18-11-16(9-10-17(18)27-19(21)22)13-25-20(23-3)24-12-15-7-5-14(2)6-8-15/h5-11,19H,4,12-13H2,1-3H3,(H2,23,24,25). The van der Waals surface area contributed by atoms with Crippen LogP contribution in [0.15, 0.2) is 47.5 Å². The van der Waals surface area contributed by atoms with Crippen molar-refractivity contribution in [2.45, 2.75) is 33.5 Å². The molecular weight excluding hydrogens is 352 g/mol. The van der Waals surface area contributed by atoms with E-state index in [-0.39, 0.29) is 5.75 Å². The summed E-state index contributed by atoms with van der Waals surface area (Å²) in [6.07, 6.45) is 0. The van der Waals surface area contributed by atoms with E-state index < -0.39 is 6.61 Å². The van der Waals surface area contributed by atoms with Gasteiger partial charge in [0.05, 0.1) is 6.61 Å². The van der Waals surface area contributed by atoms with Gasteiger partial charge < -0.3 is 20.1 Å². The highest BCUT2D eigenvalue weighted by atomic mass is 19.3. The number of nitrogens with one attached hydrogen (secondary N) is 2. The predicted molar refractivity (Wildman–Crippen MR) is 102 cm³/mol.